The van der Waals surface area contributed by atoms with E-state index in [0.717, 1.165) is 6.07 Å². The number of pyridine rings is 2. The van der Waals surface area contributed by atoms with Crippen molar-refractivity contribution in [3.8, 4) is 11.4 Å². The summed E-state index contributed by atoms with van der Waals surface area (Å²) < 4.78 is 115. The Kier molecular flexibility index (Phi) is 8.40. The van der Waals surface area contributed by atoms with Crippen LogP contribution in [0.2, 0.25) is 0 Å². The Morgan fingerprint density at radius 2 is 1.48 bits per heavy atom. The number of carboxylic acids is 1. The van der Waals surface area contributed by atoms with Crippen LogP contribution >= 0.6 is 0 Å². The van der Waals surface area contributed by atoms with Crippen LogP contribution in [-0.2, 0) is 11.0 Å². The third-order valence-electron chi connectivity index (χ3n) is 5.19. The van der Waals surface area contributed by atoms with Crippen molar-refractivity contribution in [2.24, 2.45) is 0 Å². The standard InChI is InChI=1S/C22H14F6N4O.C2HF3O2/c23-21(24,25)14-8-2-1-7-13(14)19-30-17(16-10-4-6-12-32(16)19)20(33)31-18(22(26,27)28)15-9-3-5-11-29-15;3-2(4,5)1(6)7/h1-12,18H,(H,31,33);(H,6,7)/p+1. The number of carboxylic acid groups (broad SMARTS) is 1. The lowest BCUT2D eigenvalue weighted by Crippen LogP contribution is -2.41. The topological polar surface area (TPSA) is 103 Å². The minimum absolute atomic E-state index is 0.0986. The van der Waals surface area contributed by atoms with Gasteiger partial charge in [0, 0.05) is 12.1 Å². The number of aromatic nitrogens is 3. The first kappa shape index (κ1) is 29.9. The Morgan fingerprint density at radius 3 is 2.02 bits per heavy atom. The van der Waals surface area contributed by atoms with Crippen molar-refractivity contribution in [2.75, 3.05) is 0 Å². The third kappa shape index (κ3) is 6.86. The molecule has 1 unspecified atom stereocenters. The second-order valence-electron chi connectivity index (χ2n) is 7.90. The molecule has 0 aliphatic rings. The largest absolute Gasteiger partial charge is 0.542 e. The van der Waals surface area contributed by atoms with Crippen LogP contribution in [-0.4, -0.2) is 29.2 Å². The molecule has 0 radical (unpaired) electrons. The molecule has 0 saturated heterocycles. The van der Waals surface area contributed by atoms with Crippen LogP contribution in [0.15, 0.2) is 73.1 Å². The van der Waals surface area contributed by atoms with Crippen LogP contribution in [0.3, 0.4) is 0 Å². The SMILES string of the molecule is O=C(NC(c1cccc[nH+]1)C(F)(F)F)c1[nH]c(-c2ccccc2C(F)(F)F)[n+]2ccccc12.O=C([O-])C(F)(F)F. The van der Waals surface area contributed by atoms with E-state index in [2.05, 4.69) is 9.97 Å². The summed E-state index contributed by atoms with van der Waals surface area (Å²) in [6, 6.07) is 10.9. The molecule has 4 aromatic rings. The summed E-state index contributed by atoms with van der Waals surface area (Å²) in [6.07, 6.45) is -12.0. The minimum Gasteiger partial charge on any atom is -0.542 e. The van der Waals surface area contributed by atoms with Gasteiger partial charge in [0.1, 0.15) is 5.97 Å². The number of rotatable bonds is 4. The van der Waals surface area contributed by atoms with Gasteiger partial charge in [-0.1, -0.05) is 24.3 Å². The third-order valence-corrected chi connectivity index (χ3v) is 5.19. The van der Waals surface area contributed by atoms with E-state index in [9.17, 15) is 44.3 Å². The van der Waals surface area contributed by atoms with Gasteiger partial charge in [0.15, 0.2) is 11.7 Å². The fraction of sp³-hybridized carbons (Fsp3) is 0.167. The number of H-pyrrole nitrogens is 2. The average molecular weight is 579 g/mol. The predicted molar refractivity (Wildman–Crippen MR) is 115 cm³/mol. The molecular weight excluding hydrogens is 563 g/mol. The first-order valence-corrected chi connectivity index (χ1v) is 10.8. The number of alkyl halides is 9. The Bertz CT molecular complexity index is 1500. The van der Waals surface area contributed by atoms with Crippen molar-refractivity contribution in [2.45, 2.75) is 24.6 Å². The number of hydrogen-bond donors (Lipinski definition) is 2. The molecule has 1 amide bonds. The van der Waals surface area contributed by atoms with Crippen molar-refractivity contribution in [3.05, 3.63) is 90.0 Å². The van der Waals surface area contributed by atoms with Crippen LogP contribution in [0, 0.1) is 0 Å². The number of nitrogens with one attached hydrogen (secondary N) is 3. The van der Waals surface area contributed by atoms with Gasteiger partial charge in [-0.25, -0.2) is 9.97 Å². The van der Waals surface area contributed by atoms with E-state index < -0.39 is 42.0 Å². The Morgan fingerprint density at radius 1 is 0.875 bits per heavy atom. The number of fused-ring (bicyclic) bond motifs is 1. The van der Waals surface area contributed by atoms with Gasteiger partial charge in [0.25, 0.3) is 11.7 Å². The lowest BCUT2D eigenvalue weighted by Gasteiger charge is -2.17. The molecule has 7 nitrogen and oxygen atoms in total. The molecule has 1 aromatic carbocycles. The fourth-order valence-electron chi connectivity index (χ4n) is 3.52. The molecule has 0 aliphatic carbocycles. The number of amides is 1. The molecule has 1 atom stereocenters. The highest BCUT2D eigenvalue weighted by Crippen LogP contribution is 2.36. The van der Waals surface area contributed by atoms with Gasteiger partial charge in [0.05, 0.1) is 17.3 Å². The van der Waals surface area contributed by atoms with Crippen LogP contribution in [0.5, 0.6) is 0 Å². The van der Waals surface area contributed by atoms with Crippen molar-refractivity contribution in [1.82, 2.24) is 10.3 Å². The van der Waals surface area contributed by atoms with E-state index in [-0.39, 0.29) is 28.3 Å². The smallest absolute Gasteiger partial charge is 0.430 e. The molecular formula is C24H16F9N4O3+. The van der Waals surface area contributed by atoms with Crippen molar-refractivity contribution < 1.29 is 63.6 Å². The van der Waals surface area contributed by atoms with Crippen LogP contribution in [0.1, 0.15) is 27.8 Å². The first-order valence-electron chi connectivity index (χ1n) is 10.8. The van der Waals surface area contributed by atoms with E-state index in [0.29, 0.717) is 0 Å². The quantitative estimate of drug-likeness (QED) is 0.286. The number of hydrogen-bond acceptors (Lipinski definition) is 3. The minimum atomic E-state index is -5.19. The molecule has 0 aliphatic heterocycles. The number of aromatic amines is 2. The molecule has 0 saturated carbocycles. The molecule has 3 heterocycles. The molecule has 0 bridgehead atoms. The number of benzene rings is 1. The van der Waals surface area contributed by atoms with E-state index in [4.69, 9.17) is 9.90 Å². The second kappa shape index (κ2) is 11.2. The number of halogens is 9. The maximum atomic E-state index is 13.7. The Labute approximate surface area is 217 Å². The van der Waals surface area contributed by atoms with Crippen LogP contribution < -0.4 is 19.8 Å². The maximum Gasteiger partial charge on any atom is 0.430 e. The van der Waals surface area contributed by atoms with Gasteiger partial charge in [-0.2, -0.15) is 43.9 Å². The molecule has 0 fully saturated rings. The molecule has 16 heteroatoms. The van der Waals surface area contributed by atoms with E-state index in [1.165, 1.54) is 71.4 Å². The van der Waals surface area contributed by atoms with Gasteiger partial charge in [-0.3, -0.25) is 4.79 Å². The fourth-order valence-corrected chi connectivity index (χ4v) is 3.52. The monoisotopic (exact) mass is 579 g/mol. The number of carbonyl (C=O) groups excluding carboxylic acids is 2. The van der Waals surface area contributed by atoms with Gasteiger partial charge < -0.3 is 15.2 Å². The summed E-state index contributed by atoms with van der Waals surface area (Å²) in [5.41, 5.74) is -1.71. The number of nitrogens with zero attached hydrogens (tertiary/aromatic N) is 1. The number of carbonyl (C=O) groups is 2. The van der Waals surface area contributed by atoms with E-state index in [1.54, 1.807) is 0 Å². The summed E-state index contributed by atoms with van der Waals surface area (Å²) in [5, 5.41) is 10.7. The predicted octanol–water partition coefficient (Wildman–Crippen LogP) is 3.59. The molecule has 40 heavy (non-hydrogen) atoms. The highest BCUT2D eigenvalue weighted by atomic mass is 19.4. The zero-order valence-corrected chi connectivity index (χ0v) is 19.6. The molecule has 212 valence electrons. The summed E-state index contributed by atoms with van der Waals surface area (Å²) in [5.74, 6) is -4.24. The normalized spacial score (nSPS) is 12.8. The Hall–Kier alpha value is -4.63. The lowest BCUT2D eigenvalue weighted by atomic mass is 10.1. The average Bonchev–Trinajstić information content (AvgIpc) is 3.26. The summed E-state index contributed by atoms with van der Waals surface area (Å²) >= 11 is 0. The molecule has 0 spiro atoms. The second-order valence-corrected chi connectivity index (χ2v) is 7.90. The van der Waals surface area contributed by atoms with Crippen LogP contribution in [0.4, 0.5) is 39.5 Å². The highest BCUT2D eigenvalue weighted by molar-refractivity contribution is 5.98. The molecule has 3 aromatic heterocycles. The summed E-state index contributed by atoms with van der Waals surface area (Å²) in [4.78, 5) is 26.8. The number of imidazole rings is 1. The van der Waals surface area contributed by atoms with Gasteiger partial charge in [0.2, 0.25) is 17.4 Å². The summed E-state index contributed by atoms with van der Waals surface area (Å²) in [6.45, 7) is 0. The van der Waals surface area contributed by atoms with Crippen molar-refractivity contribution >= 4 is 17.4 Å². The zero-order chi connectivity index (χ0) is 29.9. The van der Waals surface area contributed by atoms with Gasteiger partial charge in [-0.05, 0) is 24.3 Å². The lowest BCUT2D eigenvalue weighted by molar-refractivity contribution is -0.498. The molecule has 4 rings (SSSR count). The van der Waals surface area contributed by atoms with E-state index in [1.807, 2.05) is 5.32 Å². The summed E-state index contributed by atoms with van der Waals surface area (Å²) in [7, 11) is 0. The molecule has 3 N–H and O–H groups in total. The van der Waals surface area contributed by atoms with E-state index >= 15 is 0 Å². The zero-order valence-electron chi connectivity index (χ0n) is 19.6. The Balaban J connectivity index is 0.000000559. The highest BCUT2D eigenvalue weighted by Gasteiger charge is 2.46. The first-order chi connectivity index (χ1) is 18.5. The maximum absolute atomic E-state index is 13.7. The van der Waals surface area contributed by atoms with Crippen molar-refractivity contribution in [3.63, 3.8) is 0 Å². The number of aliphatic carboxylic acids is 1. The van der Waals surface area contributed by atoms with Gasteiger partial charge in [-0.15, -0.1) is 0 Å². The van der Waals surface area contributed by atoms with Crippen molar-refractivity contribution in [1.29, 1.82) is 0 Å². The van der Waals surface area contributed by atoms with Crippen LogP contribution in [0.25, 0.3) is 16.9 Å². The van der Waals surface area contributed by atoms with Gasteiger partial charge >= 0.3 is 18.5 Å².